The molecule has 3 nitrogen and oxygen atoms in total. The summed E-state index contributed by atoms with van der Waals surface area (Å²) in [6, 6.07) is 11.8. The molecule has 0 fully saturated rings. The molecule has 2 rings (SSSR count). The summed E-state index contributed by atoms with van der Waals surface area (Å²) in [4.78, 5) is 11.7. The zero-order chi connectivity index (χ0) is 14.5. The van der Waals surface area contributed by atoms with E-state index in [0.717, 1.165) is 12.1 Å². The first-order valence-electron chi connectivity index (χ1n) is 6.04. The van der Waals surface area contributed by atoms with Crippen LogP contribution in [0, 0.1) is 11.6 Å². The molecule has 0 bridgehead atoms. The maximum atomic E-state index is 13.0. The number of amides is 1. The standard InChI is InChI=1S/C15H13F2NO2/c16-12-7-6-11(8-13(12)17)18-15(20)9-14(19)10-4-2-1-3-5-10/h1-8,14,19H,9H2,(H,18,20). The van der Waals surface area contributed by atoms with E-state index in [9.17, 15) is 18.7 Å². The van der Waals surface area contributed by atoms with Crippen molar-refractivity contribution in [3.8, 4) is 0 Å². The molecule has 0 heterocycles. The predicted molar refractivity (Wildman–Crippen MR) is 71.0 cm³/mol. The van der Waals surface area contributed by atoms with E-state index in [4.69, 9.17) is 0 Å². The van der Waals surface area contributed by atoms with Crippen molar-refractivity contribution in [2.75, 3.05) is 5.32 Å². The van der Waals surface area contributed by atoms with Crippen LogP contribution in [0.2, 0.25) is 0 Å². The van der Waals surface area contributed by atoms with Crippen LogP contribution in [0.3, 0.4) is 0 Å². The van der Waals surface area contributed by atoms with Gasteiger partial charge >= 0.3 is 0 Å². The third-order valence-electron chi connectivity index (χ3n) is 2.77. The SMILES string of the molecule is O=C(CC(O)c1ccccc1)Nc1ccc(F)c(F)c1. The number of aliphatic hydroxyl groups excluding tert-OH is 1. The molecule has 0 spiro atoms. The lowest BCUT2D eigenvalue weighted by Crippen LogP contribution is -2.15. The monoisotopic (exact) mass is 277 g/mol. The van der Waals surface area contributed by atoms with Crippen molar-refractivity contribution >= 4 is 11.6 Å². The van der Waals surface area contributed by atoms with Crippen molar-refractivity contribution in [3.63, 3.8) is 0 Å². The molecule has 0 aromatic heterocycles. The Balaban J connectivity index is 1.97. The van der Waals surface area contributed by atoms with Crippen LogP contribution in [0.5, 0.6) is 0 Å². The highest BCUT2D eigenvalue weighted by Gasteiger charge is 2.13. The van der Waals surface area contributed by atoms with Gasteiger partial charge in [-0.05, 0) is 17.7 Å². The van der Waals surface area contributed by atoms with Gasteiger partial charge in [-0.25, -0.2) is 8.78 Å². The third-order valence-corrected chi connectivity index (χ3v) is 2.77. The van der Waals surface area contributed by atoms with Crippen LogP contribution in [-0.2, 0) is 4.79 Å². The second-order valence-electron chi connectivity index (χ2n) is 4.31. The summed E-state index contributed by atoms with van der Waals surface area (Å²) < 4.78 is 25.7. The minimum absolute atomic E-state index is 0.147. The van der Waals surface area contributed by atoms with Gasteiger partial charge in [-0.15, -0.1) is 0 Å². The van der Waals surface area contributed by atoms with Crippen LogP contribution >= 0.6 is 0 Å². The van der Waals surface area contributed by atoms with E-state index >= 15 is 0 Å². The van der Waals surface area contributed by atoms with Crippen LogP contribution in [0.15, 0.2) is 48.5 Å². The number of carbonyl (C=O) groups excluding carboxylic acids is 1. The third kappa shape index (κ3) is 3.61. The van der Waals surface area contributed by atoms with Gasteiger partial charge in [0, 0.05) is 11.8 Å². The van der Waals surface area contributed by atoms with Crippen molar-refractivity contribution in [2.24, 2.45) is 0 Å². The number of hydrogen-bond donors (Lipinski definition) is 2. The number of nitrogens with one attached hydrogen (secondary N) is 1. The predicted octanol–water partition coefficient (Wildman–Crippen LogP) is 3.03. The zero-order valence-electron chi connectivity index (χ0n) is 10.5. The fourth-order valence-electron chi connectivity index (χ4n) is 1.75. The average Bonchev–Trinajstić information content (AvgIpc) is 2.44. The van der Waals surface area contributed by atoms with Crippen molar-refractivity contribution in [1.29, 1.82) is 0 Å². The molecular formula is C15H13F2NO2. The van der Waals surface area contributed by atoms with E-state index < -0.39 is 23.6 Å². The van der Waals surface area contributed by atoms with Crippen molar-refractivity contribution < 1.29 is 18.7 Å². The van der Waals surface area contributed by atoms with Crippen molar-refractivity contribution in [3.05, 3.63) is 65.7 Å². The minimum atomic E-state index is -1.04. The molecule has 0 saturated heterocycles. The molecule has 2 aromatic rings. The molecule has 2 N–H and O–H groups in total. The van der Waals surface area contributed by atoms with Crippen LogP contribution in [0.4, 0.5) is 14.5 Å². The summed E-state index contributed by atoms with van der Waals surface area (Å²) in [6.07, 6.45) is -1.11. The molecule has 20 heavy (non-hydrogen) atoms. The quantitative estimate of drug-likeness (QED) is 0.902. The van der Waals surface area contributed by atoms with Gasteiger partial charge in [0.05, 0.1) is 12.5 Å². The Morgan fingerprint density at radius 3 is 2.45 bits per heavy atom. The van der Waals surface area contributed by atoms with E-state index in [1.807, 2.05) is 0 Å². The Morgan fingerprint density at radius 2 is 1.80 bits per heavy atom. The molecule has 0 aliphatic carbocycles. The normalized spacial score (nSPS) is 11.9. The maximum Gasteiger partial charge on any atom is 0.227 e. The smallest absolute Gasteiger partial charge is 0.227 e. The van der Waals surface area contributed by atoms with Gasteiger partial charge in [-0.1, -0.05) is 30.3 Å². The first-order chi connectivity index (χ1) is 9.56. The lowest BCUT2D eigenvalue weighted by Gasteiger charge is -2.11. The summed E-state index contributed by atoms with van der Waals surface area (Å²) in [7, 11) is 0. The summed E-state index contributed by atoms with van der Waals surface area (Å²) in [6.45, 7) is 0. The Bertz CT molecular complexity index is 602. The minimum Gasteiger partial charge on any atom is -0.388 e. The number of hydrogen-bond acceptors (Lipinski definition) is 2. The highest BCUT2D eigenvalue weighted by Crippen LogP contribution is 2.18. The fourth-order valence-corrected chi connectivity index (χ4v) is 1.75. The summed E-state index contributed by atoms with van der Waals surface area (Å²) >= 11 is 0. The van der Waals surface area contributed by atoms with Crippen LogP contribution in [-0.4, -0.2) is 11.0 Å². The van der Waals surface area contributed by atoms with Gasteiger partial charge in [0.25, 0.3) is 0 Å². The molecule has 104 valence electrons. The van der Waals surface area contributed by atoms with Gasteiger partial charge in [-0.3, -0.25) is 4.79 Å². The van der Waals surface area contributed by atoms with Crippen molar-refractivity contribution in [2.45, 2.75) is 12.5 Å². The molecule has 0 saturated carbocycles. The van der Waals surface area contributed by atoms with E-state index in [-0.39, 0.29) is 12.1 Å². The maximum absolute atomic E-state index is 13.0. The van der Waals surface area contributed by atoms with Gasteiger partial charge in [0.1, 0.15) is 0 Å². The number of halogens is 2. The molecule has 2 aromatic carbocycles. The van der Waals surface area contributed by atoms with E-state index in [1.165, 1.54) is 6.07 Å². The summed E-state index contributed by atoms with van der Waals surface area (Å²) in [5, 5.41) is 12.3. The number of benzene rings is 2. The lowest BCUT2D eigenvalue weighted by atomic mass is 10.1. The largest absolute Gasteiger partial charge is 0.388 e. The molecule has 0 radical (unpaired) electrons. The van der Waals surface area contributed by atoms with Crippen LogP contribution < -0.4 is 5.32 Å². The van der Waals surface area contributed by atoms with Gasteiger partial charge < -0.3 is 10.4 Å². The zero-order valence-corrected chi connectivity index (χ0v) is 10.5. The summed E-state index contributed by atoms with van der Waals surface area (Å²) in [5.41, 5.74) is 0.766. The van der Waals surface area contributed by atoms with Crippen LogP contribution in [0.25, 0.3) is 0 Å². The highest BCUT2D eigenvalue weighted by molar-refractivity contribution is 5.91. The van der Waals surface area contributed by atoms with E-state index in [2.05, 4.69) is 5.32 Å². The number of rotatable bonds is 4. The van der Waals surface area contributed by atoms with Crippen LogP contribution in [0.1, 0.15) is 18.1 Å². The van der Waals surface area contributed by atoms with Crippen molar-refractivity contribution in [1.82, 2.24) is 0 Å². The molecule has 5 heteroatoms. The molecule has 0 aliphatic heterocycles. The number of carbonyl (C=O) groups is 1. The van der Waals surface area contributed by atoms with E-state index in [1.54, 1.807) is 30.3 Å². The van der Waals surface area contributed by atoms with Gasteiger partial charge in [0.15, 0.2) is 11.6 Å². The van der Waals surface area contributed by atoms with E-state index in [0.29, 0.717) is 5.56 Å². The molecule has 1 atom stereocenters. The molecule has 1 amide bonds. The Labute approximate surface area is 114 Å². The second-order valence-corrected chi connectivity index (χ2v) is 4.31. The summed E-state index contributed by atoms with van der Waals surface area (Å²) in [5.74, 6) is -2.49. The Morgan fingerprint density at radius 1 is 1.10 bits per heavy atom. The average molecular weight is 277 g/mol. The lowest BCUT2D eigenvalue weighted by molar-refractivity contribution is -0.118. The highest BCUT2D eigenvalue weighted by atomic mass is 19.2. The second kappa shape index (κ2) is 6.25. The molecular weight excluding hydrogens is 264 g/mol. The fraction of sp³-hybridized carbons (Fsp3) is 0.133. The molecule has 0 aliphatic rings. The number of anilines is 1. The van der Waals surface area contributed by atoms with Gasteiger partial charge in [-0.2, -0.15) is 0 Å². The molecule has 1 unspecified atom stereocenters. The first-order valence-corrected chi connectivity index (χ1v) is 6.04. The Hall–Kier alpha value is -2.27. The first kappa shape index (κ1) is 14.1. The number of aliphatic hydroxyl groups is 1. The topological polar surface area (TPSA) is 49.3 Å². The van der Waals surface area contributed by atoms with Gasteiger partial charge in [0.2, 0.25) is 5.91 Å². The Kier molecular flexibility index (Phi) is 4.42.